The number of ether oxygens (including phenoxy) is 1. The molecule has 28 heavy (non-hydrogen) atoms. The summed E-state index contributed by atoms with van der Waals surface area (Å²) < 4.78 is 18.6. The molecule has 1 heterocycles. The van der Waals surface area contributed by atoms with Crippen molar-refractivity contribution in [1.29, 1.82) is 0 Å². The fourth-order valence-corrected chi connectivity index (χ4v) is 2.43. The van der Waals surface area contributed by atoms with Gasteiger partial charge in [-0.2, -0.15) is 0 Å². The van der Waals surface area contributed by atoms with E-state index in [1.807, 2.05) is 30.3 Å². The largest absolute Gasteiger partial charge is 0.439 e. The zero-order chi connectivity index (χ0) is 18.9. The van der Waals surface area contributed by atoms with Gasteiger partial charge in [0.05, 0.1) is 0 Å². The smallest absolute Gasteiger partial charge is 0.219 e. The van der Waals surface area contributed by atoms with Crippen LogP contribution >= 0.6 is 24.0 Å². The van der Waals surface area contributed by atoms with Gasteiger partial charge in [0.2, 0.25) is 5.88 Å². The van der Waals surface area contributed by atoms with Crippen LogP contribution in [0, 0.1) is 5.82 Å². The normalized spacial score (nSPS) is 10.7. The van der Waals surface area contributed by atoms with Gasteiger partial charge in [-0.15, -0.1) is 24.0 Å². The standard InChI is InChI=1S/C21H21FN4O.HI/c1-23-21(25-14-16-5-3-2-4-6-16)26-15-17-11-12-24-20(13-17)27-19-9-7-18(22)8-10-19;/h2-13H,14-15H2,1H3,(H2,23,25,26);1H. The summed E-state index contributed by atoms with van der Waals surface area (Å²) in [5.41, 5.74) is 2.17. The van der Waals surface area contributed by atoms with Gasteiger partial charge in [0.1, 0.15) is 11.6 Å². The molecule has 7 heteroatoms. The SMILES string of the molecule is CN=C(NCc1ccccc1)NCc1ccnc(Oc2ccc(F)cc2)c1.I. The second-order valence-electron chi connectivity index (χ2n) is 5.82. The van der Waals surface area contributed by atoms with E-state index in [4.69, 9.17) is 4.74 Å². The Hall–Kier alpha value is -2.68. The molecule has 3 rings (SSSR count). The highest BCUT2D eigenvalue weighted by atomic mass is 127. The molecule has 0 aliphatic carbocycles. The van der Waals surface area contributed by atoms with Crippen molar-refractivity contribution in [2.45, 2.75) is 13.1 Å². The minimum absolute atomic E-state index is 0. The molecule has 0 saturated carbocycles. The predicted molar refractivity (Wildman–Crippen MR) is 120 cm³/mol. The molecule has 0 atom stereocenters. The number of rotatable bonds is 6. The fourth-order valence-electron chi connectivity index (χ4n) is 2.43. The van der Waals surface area contributed by atoms with Crippen LogP contribution in [0.4, 0.5) is 4.39 Å². The van der Waals surface area contributed by atoms with Gasteiger partial charge in [0.15, 0.2) is 5.96 Å². The van der Waals surface area contributed by atoms with Crippen molar-refractivity contribution in [3.8, 4) is 11.6 Å². The first kappa shape index (κ1) is 21.6. The summed E-state index contributed by atoms with van der Waals surface area (Å²) in [6.07, 6.45) is 1.68. The Balaban J connectivity index is 0.00000280. The molecule has 0 unspecified atom stereocenters. The Morgan fingerprint density at radius 3 is 2.32 bits per heavy atom. The van der Waals surface area contributed by atoms with E-state index in [9.17, 15) is 4.39 Å². The Labute approximate surface area is 181 Å². The summed E-state index contributed by atoms with van der Waals surface area (Å²) in [5.74, 6) is 1.39. The summed E-state index contributed by atoms with van der Waals surface area (Å²) >= 11 is 0. The highest BCUT2D eigenvalue weighted by Crippen LogP contribution is 2.20. The number of nitrogens with one attached hydrogen (secondary N) is 2. The minimum atomic E-state index is -0.303. The highest BCUT2D eigenvalue weighted by molar-refractivity contribution is 14.0. The van der Waals surface area contributed by atoms with Crippen LogP contribution in [0.2, 0.25) is 0 Å². The van der Waals surface area contributed by atoms with E-state index in [0.717, 1.165) is 5.56 Å². The molecule has 0 amide bonds. The van der Waals surface area contributed by atoms with E-state index < -0.39 is 0 Å². The maximum Gasteiger partial charge on any atom is 0.219 e. The molecule has 0 bridgehead atoms. The molecular formula is C21H22FIN4O. The van der Waals surface area contributed by atoms with E-state index in [0.29, 0.717) is 30.7 Å². The number of aromatic nitrogens is 1. The van der Waals surface area contributed by atoms with Crippen molar-refractivity contribution in [3.63, 3.8) is 0 Å². The van der Waals surface area contributed by atoms with Gasteiger partial charge in [0.25, 0.3) is 0 Å². The lowest BCUT2D eigenvalue weighted by Crippen LogP contribution is -2.36. The molecular weight excluding hydrogens is 470 g/mol. The van der Waals surface area contributed by atoms with Crippen molar-refractivity contribution in [2.75, 3.05) is 7.05 Å². The molecule has 3 aromatic rings. The van der Waals surface area contributed by atoms with E-state index in [1.54, 1.807) is 25.4 Å². The Morgan fingerprint density at radius 2 is 1.64 bits per heavy atom. The third-order valence-electron chi connectivity index (χ3n) is 3.82. The summed E-state index contributed by atoms with van der Waals surface area (Å²) in [4.78, 5) is 8.42. The van der Waals surface area contributed by atoms with Crippen LogP contribution in [-0.4, -0.2) is 18.0 Å². The average Bonchev–Trinajstić information content (AvgIpc) is 2.71. The molecule has 146 valence electrons. The first-order valence-corrected chi connectivity index (χ1v) is 8.60. The first-order valence-electron chi connectivity index (χ1n) is 8.60. The third kappa shape index (κ3) is 6.80. The monoisotopic (exact) mass is 492 g/mol. The molecule has 0 spiro atoms. The molecule has 2 N–H and O–H groups in total. The molecule has 0 saturated heterocycles. The molecule has 5 nitrogen and oxygen atoms in total. The number of pyridine rings is 1. The zero-order valence-corrected chi connectivity index (χ0v) is 17.8. The molecule has 0 fully saturated rings. The Bertz CT molecular complexity index is 888. The Kier molecular flexibility index (Phi) is 8.67. The van der Waals surface area contributed by atoms with E-state index in [2.05, 4.69) is 32.7 Å². The van der Waals surface area contributed by atoms with E-state index in [-0.39, 0.29) is 29.8 Å². The van der Waals surface area contributed by atoms with Gasteiger partial charge < -0.3 is 15.4 Å². The van der Waals surface area contributed by atoms with Crippen LogP contribution < -0.4 is 15.4 Å². The molecule has 1 aromatic heterocycles. The van der Waals surface area contributed by atoms with Crippen LogP contribution in [0.15, 0.2) is 77.9 Å². The lowest BCUT2D eigenvalue weighted by molar-refractivity contribution is 0.460. The van der Waals surface area contributed by atoms with Crippen molar-refractivity contribution >= 4 is 29.9 Å². The summed E-state index contributed by atoms with van der Waals surface area (Å²) in [7, 11) is 1.73. The van der Waals surface area contributed by atoms with Crippen molar-refractivity contribution in [2.24, 2.45) is 4.99 Å². The van der Waals surface area contributed by atoms with Gasteiger partial charge in [-0.25, -0.2) is 9.37 Å². The van der Waals surface area contributed by atoms with Crippen molar-refractivity contribution in [3.05, 3.63) is 89.9 Å². The van der Waals surface area contributed by atoms with Crippen molar-refractivity contribution in [1.82, 2.24) is 15.6 Å². The van der Waals surface area contributed by atoms with Gasteiger partial charge in [-0.1, -0.05) is 30.3 Å². The van der Waals surface area contributed by atoms with Crippen LogP contribution in [0.5, 0.6) is 11.6 Å². The number of nitrogens with zero attached hydrogens (tertiary/aromatic N) is 2. The quantitative estimate of drug-likeness (QED) is 0.303. The third-order valence-corrected chi connectivity index (χ3v) is 3.82. The van der Waals surface area contributed by atoms with E-state index >= 15 is 0 Å². The number of benzene rings is 2. The summed E-state index contributed by atoms with van der Waals surface area (Å²) in [6, 6.07) is 19.7. The molecule has 0 radical (unpaired) electrons. The van der Waals surface area contributed by atoms with Gasteiger partial charge in [-0.05, 0) is 41.5 Å². The number of hydrogen-bond donors (Lipinski definition) is 2. The van der Waals surface area contributed by atoms with Crippen LogP contribution in [0.1, 0.15) is 11.1 Å². The number of hydrogen-bond acceptors (Lipinski definition) is 3. The zero-order valence-electron chi connectivity index (χ0n) is 15.4. The van der Waals surface area contributed by atoms with Crippen LogP contribution in [0.3, 0.4) is 0 Å². The van der Waals surface area contributed by atoms with Crippen LogP contribution in [0.25, 0.3) is 0 Å². The van der Waals surface area contributed by atoms with Crippen LogP contribution in [-0.2, 0) is 13.1 Å². The highest BCUT2D eigenvalue weighted by Gasteiger charge is 2.03. The molecule has 0 aliphatic rings. The maximum atomic E-state index is 13.0. The average molecular weight is 492 g/mol. The maximum absolute atomic E-state index is 13.0. The van der Waals surface area contributed by atoms with Gasteiger partial charge in [-0.3, -0.25) is 4.99 Å². The van der Waals surface area contributed by atoms with E-state index in [1.165, 1.54) is 17.7 Å². The topological polar surface area (TPSA) is 58.5 Å². The number of aliphatic imine (C=N–C) groups is 1. The second kappa shape index (κ2) is 11.2. The first-order chi connectivity index (χ1) is 13.2. The molecule has 2 aromatic carbocycles. The summed E-state index contributed by atoms with van der Waals surface area (Å²) in [6.45, 7) is 1.26. The van der Waals surface area contributed by atoms with Gasteiger partial charge in [0, 0.05) is 32.4 Å². The lowest BCUT2D eigenvalue weighted by Gasteiger charge is -2.12. The predicted octanol–water partition coefficient (Wildman–Crippen LogP) is 4.50. The second-order valence-corrected chi connectivity index (χ2v) is 5.82. The number of guanidine groups is 1. The van der Waals surface area contributed by atoms with Crippen molar-refractivity contribution < 1.29 is 9.13 Å². The summed E-state index contributed by atoms with van der Waals surface area (Å²) in [5, 5.41) is 6.53. The lowest BCUT2D eigenvalue weighted by atomic mass is 10.2. The fraction of sp³-hybridized carbons (Fsp3) is 0.143. The van der Waals surface area contributed by atoms with Gasteiger partial charge >= 0.3 is 0 Å². The number of halogens is 2. The molecule has 0 aliphatic heterocycles. The minimum Gasteiger partial charge on any atom is -0.439 e. The Morgan fingerprint density at radius 1 is 0.964 bits per heavy atom.